The second-order valence-corrected chi connectivity index (χ2v) is 7.24. The number of alkyl halides is 3. The van der Waals surface area contributed by atoms with Gasteiger partial charge in [-0.05, 0) is 12.1 Å². The van der Waals surface area contributed by atoms with Gasteiger partial charge in [0.15, 0.2) is 0 Å². The van der Waals surface area contributed by atoms with E-state index in [9.17, 15) is 21.6 Å². The number of nitrogens with two attached hydrogens (primary N) is 1. The van der Waals surface area contributed by atoms with Gasteiger partial charge in [0, 0.05) is 12.0 Å². The van der Waals surface area contributed by atoms with Crippen molar-refractivity contribution in [3.8, 4) is 0 Å². The predicted octanol–water partition coefficient (Wildman–Crippen LogP) is 2.30. The number of benzene rings is 1. The van der Waals surface area contributed by atoms with Crippen LogP contribution in [-0.2, 0) is 16.2 Å². The van der Waals surface area contributed by atoms with Crippen LogP contribution in [0.15, 0.2) is 29.2 Å². The van der Waals surface area contributed by atoms with E-state index in [-0.39, 0.29) is 11.5 Å². The van der Waals surface area contributed by atoms with Crippen molar-refractivity contribution in [3.63, 3.8) is 0 Å². The molecule has 0 atom stereocenters. The van der Waals surface area contributed by atoms with E-state index in [0.29, 0.717) is 6.07 Å². The Hall–Kier alpha value is -1.19. The molecule has 1 rings (SSSR count). The minimum absolute atomic E-state index is 0.0642. The van der Waals surface area contributed by atoms with E-state index < -0.39 is 32.1 Å². The molecule has 0 unspecified atom stereocenters. The summed E-state index contributed by atoms with van der Waals surface area (Å²) >= 11 is 4.78. The van der Waals surface area contributed by atoms with Gasteiger partial charge in [0.05, 0.1) is 15.4 Å². The Kier molecular flexibility index (Phi) is 5.01. The van der Waals surface area contributed by atoms with E-state index in [0.717, 1.165) is 12.1 Å². The highest BCUT2D eigenvalue weighted by Gasteiger charge is 2.37. The molecular weight excluding hydrogens is 325 g/mol. The summed E-state index contributed by atoms with van der Waals surface area (Å²) in [5.74, 6) is 0. The van der Waals surface area contributed by atoms with Gasteiger partial charge in [0.1, 0.15) is 0 Å². The molecule has 0 spiro atoms. The van der Waals surface area contributed by atoms with Gasteiger partial charge in [-0.1, -0.05) is 38.2 Å². The van der Waals surface area contributed by atoms with Crippen molar-refractivity contribution in [2.75, 3.05) is 6.54 Å². The molecule has 21 heavy (non-hydrogen) atoms. The first kappa shape index (κ1) is 17.9. The Balaban J connectivity index is 3.14. The SMILES string of the molecule is CC(C)(CNS(=O)(=O)c1ccccc1C(F)(F)F)C(N)=S. The van der Waals surface area contributed by atoms with Crippen molar-refractivity contribution < 1.29 is 21.6 Å². The third kappa shape index (κ3) is 4.39. The van der Waals surface area contributed by atoms with Gasteiger partial charge in [-0.2, -0.15) is 13.2 Å². The molecule has 0 aromatic heterocycles. The van der Waals surface area contributed by atoms with Gasteiger partial charge in [0.25, 0.3) is 0 Å². The van der Waals surface area contributed by atoms with Crippen molar-refractivity contribution in [2.45, 2.75) is 24.9 Å². The molecule has 0 aliphatic carbocycles. The van der Waals surface area contributed by atoms with Crippen LogP contribution in [-0.4, -0.2) is 20.0 Å². The molecule has 0 heterocycles. The van der Waals surface area contributed by atoms with Crippen LogP contribution >= 0.6 is 12.2 Å². The number of thiocarbonyl (C=S) groups is 1. The lowest BCUT2D eigenvalue weighted by molar-refractivity contribution is -0.139. The first-order valence-corrected chi connectivity index (χ1v) is 7.73. The van der Waals surface area contributed by atoms with Gasteiger partial charge in [0.2, 0.25) is 10.0 Å². The molecule has 0 amide bonds. The molecule has 0 fully saturated rings. The molecule has 0 bridgehead atoms. The highest BCUT2D eigenvalue weighted by atomic mass is 32.2. The molecular formula is C12H15F3N2O2S2. The number of hydrogen-bond acceptors (Lipinski definition) is 3. The van der Waals surface area contributed by atoms with Gasteiger partial charge in [-0.25, -0.2) is 13.1 Å². The predicted molar refractivity (Wildman–Crippen MR) is 77.2 cm³/mol. The third-order valence-corrected chi connectivity index (χ3v) is 4.87. The zero-order valence-corrected chi connectivity index (χ0v) is 13.0. The molecule has 118 valence electrons. The Morgan fingerprint density at radius 1 is 1.29 bits per heavy atom. The van der Waals surface area contributed by atoms with E-state index in [1.165, 1.54) is 6.07 Å². The fourth-order valence-corrected chi connectivity index (χ4v) is 2.89. The van der Waals surface area contributed by atoms with E-state index in [1.807, 2.05) is 0 Å². The maximum Gasteiger partial charge on any atom is 0.417 e. The molecule has 9 heteroatoms. The number of rotatable bonds is 5. The largest absolute Gasteiger partial charge is 0.417 e. The topological polar surface area (TPSA) is 72.2 Å². The van der Waals surface area contributed by atoms with Crippen LogP contribution in [0.4, 0.5) is 13.2 Å². The van der Waals surface area contributed by atoms with Gasteiger partial charge < -0.3 is 5.73 Å². The van der Waals surface area contributed by atoms with Gasteiger partial charge in [-0.15, -0.1) is 0 Å². The average molecular weight is 340 g/mol. The first-order valence-electron chi connectivity index (χ1n) is 5.84. The minimum Gasteiger partial charge on any atom is -0.393 e. The zero-order chi connectivity index (χ0) is 16.5. The number of halogens is 3. The molecule has 4 nitrogen and oxygen atoms in total. The van der Waals surface area contributed by atoms with Crippen molar-refractivity contribution in [1.29, 1.82) is 0 Å². The number of hydrogen-bond donors (Lipinski definition) is 2. The molecule has 0 saturated carbocycles. The quantitative estimate of drug-likeness (QED) is 0.807. The van der Waals surface area contributed by atoms with Crippen molar-refractivity contribution in [1.82, 2.24) is 4.72 Å². The van der Waals surface area contributed by atoms with E-state index in [2.05, 4.69) is 4.72 Å². The molecule has 1 aromatic rings. The first-order chi connectivity index (χ1) is 9.38. The summed E-state index contributed by atoms with van der Waals surface area (Å²) in [7, 11) is -4.33. The summed E-state index contributed by atoms with van der Waals surface area (Å²) < 4.78 is 64.8. The second kappa shape index (κ2) is 5.90. The molecule has 0 aliphatic heterocycles. The maximum absolute atomic E-state index is 12.8. The Bertz CT molecular complexity index is 640. The molecule has 0 aliphatic rings. The van der Waals surface area contributed by atoms with Crippen molar-refractivity contribution >= 4 is 27.2 Å². The monoisotopic (exact) mass is 340 g/mol. The average Bonchev–Trinajstić information content (AvgIpc) is 2.35. The summed E-state index contributed by atoms with van der Waals surface area (Å²) in [6.45, 7) is 2.98. The van der Waals surface area contributed by atoms with Crippen LogP contribution in [0.1, 0.15) is 19.4 Å². The standard InChI is InChI=1S/C12H15F3N2O2S2/c1-11(2,10(16)20)7-17-21(18,19)9-6-4-3-5-8(9)12(13,14)15/h3-6,17H,7H2,1-2H3,(H2,16,20). The van der Waals surface area contributed by atoms with Crippen LogP contribution in [0.5, 0.6) is 0 Å². The fourth-order valence-electron chi connectivity index (χ4n) is 1.38. The summed E-state index contributed by atoms with van der Waals surface area (Å²) in [6.07, 6.45) is -4.76. The number of nitrogens with one attached hydrogen (secondary N) is 1. The third-order valence-electron chi connectivity index (χ3n) is 2.85. The lowest BCUT2D eigenvalue weighted by Gasteiger charge is -2.23. The van der Waals surface area contributed by atoms with Crippen molar-refractivity contribution in [2.24, 2.45) is 11.1 Å². The van der Waals surface area contributed by atoms with Crippen LogP contribution in [0.3, 0.4) is 0 Å². The highest BCUT2D eigenvalue weighted by Crippen LogP contribution is 2.34. The van der Waals surface area contributed by atoms with E-state index in [4.69, 9.17) is 18.0 Å². The second-order valence-electron chi connectivity index (χ2n) is 5.07. The van der Waals surface area contributed by atoms with Crippen LogP contribution < -0.4 is 10.5 Å². The summed E-state index contributed by atoms with van der Waals surface area (Å²) in [6, 6.07) is 3.97. The molecule has 0 radical (unpaired) electrons. The number of sulfonamides is 1. The Morgan fingerprint density at radius 2 is 1.81 bits per heavy atom. The van der Waals surface area contributed by atoms with E-state index >= 15 is 0 Å². The minimum atomic E-state index is -4.76. The summed E-state index contributed by atoms with van der Waals surface area (Å²) in [4.78, 5) is -0.759. The smallest absolute Gasteiger partial charge is 0.393 e. The lowest BCUT2D eigenvalue weighted by atomic mass is 9.94. The Labute approximate surface area is 126 Å². The van der Waals surface area contributed by atoms with Gasteiger partial charge >= 0.3 is 6.18 Å². The Morgan fingerprint density at radius 3 is 2.29 bits per heavy atom. The summed E-state index contributed by atoms with van der Waals surface area (Å²) in [5.41, 5.74) is 3.39. The normalized spacial score (nSPS) is 13.2. The molecule has 3 N–H and O–H groups in total. The molecule has 1 aromatic carbocycles. The van der Waals surface area contributed by atoms with Crippen LogP contribution in [0.2, 0.25) is 0 Å². The lowest BCUT2D eigenvalue weighted by Crippen LogP contribution is -2.41. The zero-order valence-electron chi connectivity index (χ0n) is 11.4. The van der Waals surface area contributed by atoms with Crippen molar-refractivity contribution in [3.05, 3.63) is 29.8 Å². The fraction of sp³-hybridized carbons (Fsp3) is 0.417. The summed E-state index contributed by atoms with van der Waals surface area (Å²) in [5, 5.41) is 0. The maximum atomic E-state index is 12.8. The highest BCUT2D eigenvalue weighted by molar-refractivity contribution is 7.89. The van der Waals surface area contributed by atoms with E-state index in [1.54, 1.807) is 13.8 Å². The van der Waals surface area contributed by atoms with Gasteiger partial charge in [-0.3, -0.25) is 0 Å². The van der Waals surface area contributed by atoms with Crippen LogP contribution in [0.25, 0.3) is 0 Å². The molecule has 0 saturated heterocycles. The van der Waals surface area contributed by atoms with Crippen LogP contribution in [0, 0.1) is 5.41 Å².